The molecule has 1 aliphatic rings. The fourth-order valence-corrected chi connectivity index (χ4v) is 3.73. The molecule has 2 heterocycles. The minimum absolute atomic E-state index is 0.0580. The first kappa shape index (κ1) is 20.7. The summed E-state index contributed by atoms with van der Waals surface area (Å²) in [6.07, 6.45) is -9.39. The van der Waals surface area contributed by atoms with Crippen molar-refractivity contribution in [3.8, 4) is 23.0 Å². The van der Waals surface area contributed by atoms with Crippen molar-refractivity contribution in [3.05, 3.63) is 68.3 Å². The molecule has 0 saturated heterocycles. The molecule has 31 heavy (non-hydrogen) atoms. The zero-order valence-corrected chi connectivity index (χ0v) is 15.7. The van der Waals surface area contributed by atoms with Crippen LogP contribution in [0.3, 0.4) is 0 Å². The molecule has 0 fully saturated rings. The third-order valence-corrected chi connectivity index (χ3v) is 5.10. The second-order valence-electron chi connectivity index (χ2n) is 7.11. The van der Waals surface area contributed by atoms with Gasteiger partial charge < -0.3 is 4.98 Å². The van der Waals surface area contributed by atoms with Crippen LogP contribution in [0.4, 0.5) is 26.3 Å². The first-order valence-corrected chi connectivity index (χ1v) is 8.95. The highest BCUT2D eigenvalue weighted by Gasteiger charge is 2.37. The summed E-state index contributed by atoms with van der Waals surface area (Å²) in [6, 6.07) is 4.49. The van der Waals surface area contributed by atoms with E-state index >= 15 is 0 Å². The Kier molecular flexibility index (Phi) is 4.50. The van der Waals surface area contributed by atoms with Crippen LogP contribution in [0.2, 0.25) is 0 Å². The molecular weight excluding hydrogens is 426 g/mol. The molecule has 0 aliphatic heterocycles. The maximum absolute atomic E-state index is 13.2. The highest BCUT2D eigenvalue weighted by atomic mass is 19.4. The molecule has 0 saturated carbocycles. The van der Waals surface area contributed by atoms with Crippen LogP contribution in [0.5, 0.6) is 0 Å². The van der Waals surface area contributed by atoms with E-state index in [4.69, 9.17) is 5.26 Å². The van der Waals surface area contributed by atoms with E-state index in [2.05, 4.69) is 10.1 Å². The van der Waals surface area contributed by atoms with Gasteiger partial charge in [-0.1, -0.05) is 0 Å². The Bertz CT molecular complexity index is 1280. The van der Waals surface area contributed by atoms with Gasteiger partial charge in [-0.3, -0.25) is 4.79 Å². The molecule has 11 heteroatoms. The molecule has 160 valence electrons. The highest BCUT2D eigenvalue weighted by Crippen LogP contribution is 2.39. The lowest BCUT2D eigenvalue weighted by Crippen LogP contribution is -2.18. The van der Waals surface area contributed by atoms with Crippen molar-refractivity contribution in [2.24, 2.45) is 0 Å². The van der Waals surface area contributed by atoms with Gasteiger partial charge in [0.25, 0.3) is 5.56 Å². The molecule has 5 nitrogen and oxygen atoms in total. The summed E-state index contributed by atoms with van der Waals surface area (Å²) in [4.78, 5) is 14.7. The molecule has 0 radical (unpaired) electrons. The Morgan fingerprint density at radius 2 is 1.65 bits per heavy atom. The Balaban J connectivity index is 1.96. The van der Waals surface area contributed by atoms with Crippen molar-refractivity contribution in [3.63, 3.8) is 0 Å². The number of halogens is 6. The molecule has 0 bridgehead atoms. The average Bonchev–Trinajstić information content (AvgIpc) is 3.03. The summed E-state index contributed by atoms with van der Waals surface area (Å²) >= 11 is 0. The first-order chi connectivity index (χ1) is 14.4. The summed E-state index contributed by atoms with van der Waals surface area (Å²) in [5.41, 5.74) is -1.87. The molecule has 0 spiro atoms. The summed E-state index contributed by atoms with van der Waals surface area (Å²) in [5.74, 6) is 0. The number of alkyl halides is 6. The van der Waals surface area contributed by atoms with Gasteiger partial charge in [0, 0.05) is 5.56 Å². The number of hydrogen-bond acceptors (Lipinski definition) is 3. The summed E-state index contributed by atoms with van der Waals surface area (Å²) in [6.45, 7) is 1.54. The summed E-state index contributed by atoms with van der Waals surface area (Å²) in [5, 5.41) is 13.2. The fraction of sp³-hybridized carbons (Fsp3) is 0.250. The minimum Gasteiger partial charge on any atom is -0.320 e. The van der Waals surface area contributed by atoms with Gasteiger partial charge in [-0.05, 0) is 49.6 Å². The van der Waals surface area contributed by atoms with Crippen molar-refractivity contribution >= 4 is 0 Å². The van der Waals surface area contributed by atoms with Gasteiger partial charge in [0.05, 0.1) is 33.9 Å². The monoisotopic (exact) mass is 438 g/mol. The average molecular weight is 438 g/mol. The molecule has 0 atom stereocenters. The summed E-state index contributed by atoms with van der Waals surface area (Å²) in [7, 11) is 0. The molecular formula is C20H12F6N4O. The van der Waals surface area contributed by atoms with Crippen LogP contribution in [0.1, 0.15) is 33.6 Å². The normalized spacial score (nSPS) is 13.5. The van der Waals surface area contributed by atoms with Gasteiger partial charge in [0.15, 0.2) is 0 Å². The molecule has 1 N–H and O–H groups in total. The number of pyridine rings is 1. The molecule has 0 amide bonds. The standard InChI is InChI=1S/C20H12F6N4O/c1-9-16-15(3-2-10-4-11(8-27)18(31)28-17(10)16)30(29-9)14-6-12(19(21,22)23)5-13(7-14)20(24,25)26/h4-7H,2-3H2,1H3,(H,28,31). The number of benzene rings is 1. The maximum atomic E-state index is 13.2. The van der Waals surface area contributed by atoms with Crippen molar-refractivity contribution in [2.75, 3.05) is 0 Å². The number of aromatic nitrogens is 3. The van der Waals surface area contributed by atoms with Crippen molar-refractivity contribution < 1.29 is 26.3 Å². The lowest BCUT2D eigenvalue weighted by atomic mass is 9.91. The van der Waals surface area contributed by atoms with Crippen LogP contribution in [-0.4, -0.2) is 14.8 Å². The zero-order valence-electron chi connectivity index (χ0n) is 15.7. The zero-order chi connectivity index (χ0) is 22.7. The van der Waals surface area contributed by atoms with E-state index in [-0.39, 0.29) is 23.7 Å². The Morgan fingerprint density at radius 3 is 2.19 bits per heavy atom. The number of aryl methyl sites for hydroxylation is 2. The SMILES string of the molecule is Cc1nn(-c2cc(C(F)(F)F)cc(C(F)(F)F)c2)c2c1-c1[nH]c(=O)c(C#N)cc1CC2. The highest BCUT2D eigenvalue weighted by molar-refractivity contribution is 5.72. The van der Waals surface area contributed by atoms with Crippen LogP contribution < -0.4 is 5.56 Å². The van der Waals surface area contributed by atoms with Gasteiger partial charge >= 0.3 is 12.4 Å². The molecule has 4 rings (SSSR count). The van der Waals surface area contributed by atoms with E-state index in [1.807, 2.05) is 0 Å². The van der Waals surface area contributed by atoms with Crippen LogP contribution in [-0.2, 0) is 25.2 Å². The number of aromatic amines is 1. The number of nitrogens with one attached hydrogen (secondary N) is 1. The van der Waals surface area contributed by atoms with Crippen molar-refractivity contribution in [2.45, 2.75) is 32.1 Å². The number of hydrogen-bond donors (Lipinski definition) is 1. The number of nitrogens with zero attached hydrogens (tertiary/aromatic N) is 3. The summed E-state index contributed by atoms with van der Waals surface area (Å²) < 4.78 is 80.5. The Hall–Kier alpha value is -3.55. The van der Waals surface area contributed by atoms with Crippen LogP contribution in [0.25, 0.3) is 16.9 Å². The van der Waals surface area contributed by atoms with Gasteiger partial charge in [0.2, 0.25) is 0 Å². The Labute approximate surface area is 170 Å². The maximum Gasteiger partial charge on any atom is 0.416 e. The quantitative estimate of drug-likeness (QED) is 0.567. The third kappa shape index (κ3) is 3.48. The third-order valence-electron chi connectivity index (χ3n) is 5.10. The van der Waals surface area contributed by atoms with Crippen molar-refractivity contribution in [1.29, 1.82) is 5.26 Å². The van der Waals surface area contributed by atoms with E-state index in [1.165, 1.54) is 6.07 Å². The second kappa shape index (κ2) is 6.73. The molecule has 1 aliphatic carbocycles. The first-order valence-electron chi connectivity index (χ1n) is 8.95. The van der Waals surface area contributed by atoms with Gasteiger partial charge in [0.1, 0.15) is 11.6 Å². The van der Waals surface area contributed by atoms with Crippen molar-refractivity contribution in [1.82, 2.24) is 14.8 Å². The fourth-order valence-electron chi connectivity index (χ4n) is 3.73. The molecule has 1 aromatic carbocycles. The molecule has 3 aromatic rings. The number of nitriles is 1. The van der Waals surface area contributed by atoms with E-state index in [0.717, 1.165) is 4.68 Å². The Morgan fingerprint density at radius 1 is 1.03 bits per heavy atom. The lowest BCUT2D eigenvalue weighted by molar-refractivity contribution is -0.143. The smallest absolute Gasteiger partial charge is 0.320 e. The van der Waals surface area contributed by atoms with E-state index in [1.54, 1.807) is 13.0 Å². The van der Waals surface area contributed by atoms with Crippen LogP contribution in [0, 0.1) is 18.3 Å². The lowest BCUT2D eigenvalue weighted by Gasteiger charge is -2.19. The molecule has 0 unspecified atom stereocenters. The molecule has 2 aromatic heterocycles. The number of fused-ring (bicyclic) bond motifs is 3. The second-order valence-corrected chi connectivity index (χ2v) is 7.11. The van der Waals surface area contributed by atoms with Crippen LogP contribution >= 0.6 is 0 Å². The largest absolute Gasteiger partial charge is 0.416 e. The predicted molar refractivity (Wildman–Crippen MR) is 96.5 cm³/mol. The van der Waals surface area contributed by atoms with Crippen LogP contribution in [0.15, 0.2) is 29.1 Å². The predicted octanol–water partition coefficient (Wildman–Crippen LogP) is 4.54. The van der Waals surface area contributed by atoms with E-state index in [9.17, 15) is 31.1 Å². The minimum atomic E-state index is -4.98. The van der Waals surface area contributed by atoms with E-state index in [0.29, 0.717) is 46.8 Å². The van der Waals surface area contributed by atoms with E-state index < -0.39 is 29.0 Å². The van der Waals surface area contributed by atoms with Gasteiger partial charge in [-0.2, -0.15) is 36.7 Å². The van der Waals surface area contributed by atoms with Gasteiger partial charge in [-0.25, -0.2) is 4.68 Å². The van der Waals surface area contributed by atoms with Gasteiger partial charge in [-0.15, -0.1) is 0 Å². The number of rotatable bonds is 1. The topological polar surface area (TPSA) is 74.5 Å². The number of H-pyrrole nitrogens is 1.